The van der Waals surface area contributed by atoms with E-state index < -0.39 is 7.42 Å². The van der Waals surface area contributed by atoms with Crippen LogP contribution in [0.5, 0.6) is 5.75 Å². The van der Waals surface area contributed by atoms with Gasteiger partial charge in [0, 0.05) is 0 Å². The summed E-state index contributed by atoms with van der Waals surface area (Å²) in [6.45, 7) is 3.01. The van der Waals surface area contributed by atoms with Gasteiger partial charge in [-0.25, -0.2) is 0 Å². The van der Waals surface area contributed by atoms with Crippen LogP contribution in [0.15, 0.2) is 24.3 Å². The van der Waals surface area contributed by atoms with Gasteiger partial charge < -0.3 is 4.74 Å². The van der Waals surface area contributed by atoms with Crippen molar-refractivity contribution >= 4 is 29.6 Å². The Morgan fingerprint density at radius 2 is 1.45 bits per heavy atom. The minimum absolute atomic E-state index is 0.714. The van der Waals surface area contributed by atoms with E-state index in [4.69, 9.17) is 26.9 Å². The summed E-state index contributed by atoms with van der Waals surface area (Å²) in [5, 5.41) is 0. The van der Waals surface area contributed by atoms with Crippen LogP contribution in [0.4, 0.5) is 0 Å². The van der Waals surface area contributed by atoms with E-state index >= 15 is 0 Å². The van der Waals surface area contributed by atoms with E-state index in [1.807, 2.05) is 0 Å². The first-order chi connectivity index (χ1) is 14.2. The molecule has 0 saturated heterocycles. The van der Waals surface area contributed by atoms with Crippen molar-refractivity contribution < 1.29 is 4.74 Å². The van der Waals surface area contributed by atoms with Crippen LogP contribution in [0, 0.1) is 5.92 Å². The highest BCUT2D eigenvalue weighted by molar-refractivity contribution is 7.33. The predicted octanol–water partition coefficient (Wildman–Crippen LogP) is 8.96. The molecule has 0 aliphatic heterocycles. The highest BCUT2D eigenvalue weighted by Gasteiger charge is 2.22. The van der Waals surface area contributed by atoms with Crippen molar-refractivity contribution in [2.75, 3.05) is 6.61 Å². The summed E-state index contributed by atoms with van der Waals surface area (Å²) in [5.41, 5.74) is 1.50. The standard InChI is InChI=1S/C25H42Cl2OSi/c1-2-3-4-5-6-7-8-9-11-22-12-14-23(15-13-22)24-16-18-25(19-17-24)28-20-10-21-29(26)27/h16-19,22-23,29H,2-15,20-21H2,1H3. The maximum Gasteiger partial charge on any atom is 0.237 e. The van der Waals surface area contributed by atoms with Crippen LogP contribution in [0.3, 0.4) is 0 Å². The fraction of sp³-hybridized carbons (Fsp3) is 0.760. The lowest BCUT2D eigenvalue weighted by atomic mass is 9.77. The molecule has 0 radical (unpaired) electrons. The molecule has 1 aromatic carbocycles. The van der Waals surface area contributed by atoms with Crippen LogP contribution in [-0.4, -0.2) is 14.0 Å². The third-order valence-corrected chi connectivity index (χ3v) is 8.65. The van der Waals surface area contributed by atoms with Gasteiger partial charge >= 0.3 is 0 Å². The van der Waals surface area contributed by atoms with Crippen LogP contribution in [0.1, 0.15) is 108 Å². The third-order valence-electron chi connectivity index (χ3n) is 6.50. The fourth-order valence-corrected chi connectivity index (χ4v) is 6.02. The van der Waals surface area contributed by atoms with E-state index in [0.717, 1.165) is 30.1 Å². The topological polar surface area (TPSA) is 9.23 Å². The summed E-state index contributed by atoms with van der Waals surface area (Å²) in [6.07, 6.45) is 19.4. The van der Waals surface area contributed by atoms with E-state index in [9.17, 15) is 0 Å². The maximum atomic E-state index is 5.89. The van der Waals surface area contributed by atoms with E-state index in [1.54, 1.807) is 0 Å². The summed E-state index contributed by atoms with van der Waals surface area (Å²) < 4.78 is 5.81. The van der Waals surface area contributed by atoms with Crippen molar-refractivity contribution in [3.05, 3.63) is 29.8 Å². The molecule has 1 fully saturated rings. The molecule has 0 amide bonds. The fourth-order valence-electron chi connectivity index (χ4n) is 4.62. The number of benzene rings is 1. The summed E-state index contributed by atoms with van der Waals surface area (Å²) in [6, 6.07) is 9.75. The number of ether oxygens (including phenoxy) is 1. The van der Waals surface area contributed by atoms with Gasteiger partial charge in [0.1, 0.15) is 5.75 Å². The molecule has 1 saturated carbocycles. The normalized spacial score (nSPS) is 19.6. The summed E-state index contributed by atoms with van der Waals surface area (Å²) >= 11 is 11.8. The van der Waals surface area contributed by atoms with Crippen LogP contribution in [-0.2, 0) is 0 Å². The van der Waals surface area contributed by atoms with Crippen molar-refractivity contribution in [2.24, 2.45) is 5.92 Å². The summed E-state index contributed by atoms with van der Waals surface area (Å²) in [7, 11) is -1.48. The molecule has 1 nitrogen and oxygen atoms in total. The van der Waals surface area contributed by atoms with E-state index in [1.165, 1.54) is 89.0 Å². The molecule has 0 spiro atoms. The monoisotopic (exact) mass is 456 g/mol. The zero-order valence-corrected chi connectivity index (χ0v) is 21.2. The lowest BCUT2D eigenvalue weighted by Crippen LogP contribution is -2.13. The molecule has 29 heavy (non-hydrogen) atoms. The number of unbranched alkanes of at least 4 members (excludes halogenated alkanes) is 7. The summed E-state index contributed by atoms with van der Waals surface area (Å²) in [5.74, 6) is 2.70. The Balaban J connectivity index is 1.55. The largest absolute Gasteiger partial charge is 0.494 e. The number of rotatable bonds is 15. The third kappa shape index (κ3) is 11.1. The summed E-state index contributed by atoms with van der Waals surface area (Å²) in [4.78, 5) is 0. The minimum atomic E-state index is -1.48. The van der Waals surface area contributed by atoms with Crippen molar-refractivity contribution in [1.82, 2.24) is 0 Å². The Morgan fingerprint density at radius 3 is 2.07 bits per heavy atom. The van der Waals surface area contributed by atoms with Crippen molar-refractivity contribution in [2.45, 2.75) is 109 Å². The maximum absolute atomic E-state index is 5.89. The highest BCUT2D eigenvalue weighted by Crippen LogP contribution is 2.38. The minimum Gasteiger partial charge on any atom is -0.494 e. The number of hydrogen-bond donors (Lipinski definition) is 0. The van der Waals surface area contributed by atoms with Gasteiger partial charge in [-0.1, -0.05) is 76.8 Å². The molecule has 1 aromatic rings. The van der Waals surface area contributed by atoms with Gasteiger partial charge in [-0.15, -0.1) is 0 Å². The lowest BCUT2D eigenvalue weighted by Gasteiger charge is -2.29. The Bertz CT molecular complexity index is 512. The van der Waals surface area contributed by atoms with Crippen molar-refractivity contribution in [3.63, 3.8) is 0 Å². The van der Waals surface area contributed by atoms with Crippen LogP contribution in [0.2, 0.25) is 6.04 Å². The van der Waals surface area contributed by atoms with Crippen molar-refractivity contribution in [1.29, 1.82) is 0 Å². The van der Waals surface area contributed by atoms with Gasteiger partial charge in [0.2, 0.25) is 7.42 Å². The van der Waals surface area contributed by atoms with Gasteiger partial charge in [0.15, 0.2) is 0 Å². The molecule has 0 N–H and O–H groups in total. The predicted molar refractivity (Wildman–Crippen MR) is 132 cm³/mol. The molecule has 1 aliphatic carbocycles. The Hall–Kier alpha value is -0.183. The second-order valence-electron chi connectivity index (χ2n) is 8.93. The molecule has 0 atom stereocenters. The number of halogens is 2. The Labute approximate surface area is 190 Å². The first-order valence-electron chi connectivity index (χ1n) is 12.2. The van der Waals surface area contributed by atoms with E-state index in [-0.39, 0.29) is 0 Å². The van der Waals surface area contributed by atoms with Gasteiger partial charge in [-0.05, 0) is 67.7 Å². The van der Waals surface area contributed by atoms with Crippen LogP contribution < -0.4 is 4.74 Å². The Kier molecular flexibility index (Phi) is 13.5. The smallest absolute Gasteiger partial charge is 0.237 e. The van der Waals surface area contributed by atoms with Crippen LogP contribution >= 0.6 is 22.2 Å². The molecular weight excluding hydrogens is 415 g/mol. The average molecular weight is 458 g/mol. The molecule has 4 heteroatoms. The van der Waals surface area contributed by atoms with Gasteiger partial charge in [0.05, 0.1) is 6.61 Å². The first kappa shape index (κ1) is 25.1. The van der Waals surface area contributed by atoms with Crippen LogP contribution in [0.25, 0.3) is 0 Å². The second-order valence-corrected chi connectivity index (χ2v) is 14.1. The van der Waals surface area contributed by atoms with Gasteiger partial charge in [0.25, 0.3) is 0 Å². The zero-order valence-electron chi connectivity index (χ0n) is 18.5. The molecule has 2 rings (SSSR count). The first-order valence-corrected chi connectivity index (χ1v) is 16.5. The number of hydrogen-bond acceptors (Lipinski definition) is 1. The molecule has 1 aliphatic rings. The van der Waals surface area contributed by atoms with E-state index in [2.05, 4.69) is 31.2 Å². The molecule has 0 aromatic heterocycles. The highest BCUT2D eigenvalue weighted by atomic mass is 35.7. The molecule has 0 heterocycles. The van der Waals surface area contributed by atoms with E-state index in [0.29, 0.717) is 6.61 Å². The average Bonchev–Trinajstić information content (AvgIpc) is 2.74. The second kappa shape index (κ2) is 15.6. The Morgan fingerprint density at radius 1 is 0.828 bits per heavy atom. The molecular formula is C25H42Cl2OSi. The van der Waals surface area contributed by atoms with Gasteiger partial charge in [-0.2, -0.15) is 22.2 Å². The quantitative estimate of drug-likeness (QED) is 0.145. The molecule has 0 unspecified atom stereocenters. The van der Waals surface area contributed by atoms with Gasteiger partial charge in [-0.3, -0.25) is 0 Å². The SMILES string of the molecule is CCCCCCCCCCC1CCC(c2ccc(OCCC[SiH](Cl)Cl)cc2)CC1. The van der Waals surface area contributed by atoms with Crippen molar-refractivity contribution in [3.8, 4) is 5.75 Å². The molecule has 166 valence electrons. The lowest BCUT2D eigenvalue weighted by molar-refractivity contribution is 0.301. The molecule has 0 bridgehead atoms. The zero-order chi connectivity index (χ0) is 20.7.